The SMILES string of the molecule is CCOC(=O)CC(NC(=O)[C@H](CC1CC1)N1C(=O)N(Cc2ccc(NC(=O)Nc3ccccc3C)c(OC)c2)C(C)(C)C1=O)c1ccncc1. The first kappa shape index (κ1) is 35.8. The van der Waals surface area contributed by atoms with Gasteiger partial charge in [0, 0.05) is 24.6 Å². The molecule has 13 nitrogen and oxygen atoms in total. The summed E-state index contributed by atoms with van der Waals surface area (Å²) in [4.78, 5) is 74.0. The second-order valence-electron chi connectivity index (χ2n) is 13.1. The van der Waals surface area contributed by atoms with Gasteiger partial charge >= 0.3 is 18.0 Å². The number of benzene rings is 2. The molecule has 0 spiro atoms. The lowest BCUT2D eigenvalue weighted by Crippen LogP contribution is -2.51. The fraction of sp³-hybridized carbons (Fsp3) is 0.405. The van der Waals surface area contributed by atoms with Gasteiger partial charge in [0.15, 0.2) is 0 Å². The Kier molecular flexibility index (Phi) is 11.0. The van der Waals surface area contributed by atoms with Gasteiger partial charge in [-0.1, -0.05) is 37.1 Å². The number of urea groups is 2. The highest BCUT2D eigenvalue weighted by molar-refractivity contribution is 6.09. The molecule has 2 fully saturated rings. The van der Waals surface area contributed by atoms with E-state index in [-0.39, 0.29) is 25.5 Å². The lowest BCUT2D eigenvalue weighted by molar-refractivity contribution is -0.144. The number of rotatable bonds is 14. The Labute approximate surface area is 291 Å². The second-order valence-corrected chi connectivity index (χ2v) is 13.1. The fourth-order valence-electron chi connectivity index (χ4n) is 6.02. The summed E-state index contributed by atoms with van der Waals surface area (Å²) in [5, 5.41) is 8.56. The lowest BCUT2D eigenvalue weighted by Gasteiger charge is -2.28. The predicted octanol–water partition coefficient (Wildman–Crippen LogP) is 5.56. The number of anilines is 2. The van der Waals surface area contributed by atoms with Crippen LogP contribution in [-0.2, 0) is 25.7 Å². The third kappa shape index (κ3) is 8.21. The van der Waals surface area contributed by atoms with Crippen LogP contribution >= 0.6 is 0 Å². The number of hydrogen-bond acceptors (Lipinski definition) is 8. The van der Waals surface area contributed by atoms with E-state index in [9.17, 15) is 24.0 Å². The van der Waals surface area contributed by atoms with Crippen LogP contribution in [0.15, 0.2) is 67.0 Å². The summed E-state index contributed by atoms with van der Waals surface area (Å²) >= 11 is 0. The standard InChI is InChI=1S/C37H44N6O7/c1-6-50-32(44)21-29(26-15-17-38-18-16-26)39-33(45)30(19-24-11-12-24)43-34(46)37(3,4)42(36(43)48)22-25-13-14-28(31(20-25)49-5)41-35(47)40-27-10-8-7-9-23(27)2/h7-10,13-18,20,24,29-30H,6,11-12,19,21-22H2,1-5H3,(H,39,45)(H2,40,41,47)/t29?,30-/m0/s1. The predicted molar refractivity (Wildman–Crippen MR) is 186 cm³/mol. The number of carbonyl (C=O) groups is 5. The summed E-state index contributed by atoms with van der Waals surface area (Å²) < 4.78 is 10.7. The maximum Gasteiger partial charge on any atom is 0.328 e. The molecule has 1 saturated carbocycles. The van der Waals surface area contributed by atoms with Crippen molar-refractivity contribution in [2.45, 2.75) is 77.5 Å². The molecule has 2 atom stereocenters. The number of hydrogen-bond donors (Lipinski definition) is 3. The average molecular weight is 685 g/mol. The van der Waals surface area contributed by atoms with E-state index in [0.29, 0.717) is 34.7 Å². The second kappa shape index (κ2) is 15.4. The van der Waals surface area contributed by atoms with Crippen LogP contribution in [0.25, 0.3) is 0 Å². The molecule has 1 aliphatic carbocycles. The van der Waals surface area contributed by atoms with Crippen molar-refractivity contribution in [3.8, 4) is 5.75 Å². The van der Waals surface area contributed by atoms with Crippen LogP contribution in [0, 0.1) is 12.8 Å². The molecular formula is C37H44N6O7. The molecule has 1 saturated heterocycles. The molecule has 2 aliphatic rings. The highest BCUT2D eigenvalue weighted by Gasteiger charge is 2.55. The van der Waals surface area contributed by atoms with Crippen LogP contribution in [0.3, 0.4) is 0 Å². The average Bonchev–Trinajstić information content (AvgIpc) is 3.90. The summed E-state index contributed by atoms with van der Waals surface area (Å²) in [6.07, 6.45) is 5.11. The number of aryl methyl sites for hydroxylation is 1. The minimum absolute atomic E-state index is 0.0420. The first-order chi connectivity index (χ1) is 23.9. The van der Waals surface area contributed by atoms with Crippen molar-refractivity contribution in [3.05, 3.63) is 83.7 Å². The Morgan fingerprint density at radius 1 is 1.00 bits per heavy atom. The molecule has 50 heavy (non-hydrogen) atoms. The van der Waals surface area contributed by atoms with Crippen molar-refractivity contribution < 1.29 is 33.4 Å². The molecule has 3 N–H and O–H groups in total. The van der Waals surface area contributed by atoms with Gasteiger partial charge in [-0.25, -0.2) is 14.5 Å². The van der Waals surface area contributed by atoms with Gasteiger partial charge in [-0.15, -0.1) is 0 Å². The quantitative estimate of drug-likeness (QED) is 0.147. The van der Waals surface area contributed by atoms with Crippen molar-refractivity contribution in [1.29, 1.82) is 0 Å². The highest BCUT2D eigenvalue weighted by Crippen LogP contribution is 2.39. The normalized spacial score (nSPS) is 16.4. The van der Waals surface area contributed by atoms with E-state index in [4.69, 9.17) is 9.47 Å². The van der Waals surface area contributed by atoms with Gasteiger partial charge in [-0.2, -0.15) is 0 Å². The van der Waals surface area contributed by atoms with Crippen LogP contribution in [0.2, 0.25) is 0 Å². The maximum absolute atomic E-state index is 14.1. The molecule has 2 aromatic carbocycles. The van der Waals surface area contributed by atoms with Crippen LogP contribution < -0.4 is 20.7 Å². The van der Waals surface area contributed by atoms with Gasteiger partial charge in [0.1, 0.15) is 17.3 Å². The first-order valence-corrected chi connectivity index (χ1v) is 16.7. The Morgan fingerprint density at radius 3 is 2.36 bits per heavy atom. The zero-order valence-corrected chi connectivity index (χ0v) is 29.0. The van der Waals surface area contributed by atoms with Gasteiger partial charge in [-0.05, 0) is 87.1 Å². The number of nitrogens with zero attached hydrogens (tertiary/aromatic N) is 3. The molecule has 6 amide bonds. The molecule has 13 heteroatoms. The van der Waals surface area contributed by atoms with E-state index in [1.54, 1.807) is 69.6 Å². The van der Waals surface area contributed by atoms with Crippen LogP contribution in [-0.4, -0.2) is 69.9 Å². The Morgan fingerprint density at radius 2 is 1.70 bits per heavy atom. The van der Waals surface area contributed by atoms with E-state index in [1.165, 1.54) is 12.0 Å². The molecule has 3 aromatic rings. The van der Waals surface area contributed by atoms with Gasteiger partial charge in [-0.3, -0.25) is 19.4 Å². The molecule has 5 rings (SSSR count). The number of pyridine rings is 1. The topological polar surface area (TPSA) is 159 Å². The summed E-state index contributed by atoms with van der Waals surface area (Å²) in [6, 6.07) is 13.0. The number of methoxy groups -OCH3 is 1. The Bertz CT molecular complexity index is 1740. The Balaban J connectivity index is 1.34. The van der Waals surface area contributed by atoms with E-state index in [2.05, 4.69) is 20.9 Å². The van der Waals surface area contributed by atoms with Crippen LogP contribution in [0.4, 0.5) is 21.0 Å². The van der Waals surface area contributed by atoms with Crippen molar-refractivity contribution >= 4 is 41.2 Å². The summed E-state index contributed by atoms with van der Waals surface area (Å²) in [5.41, 5.74) is 2.02. The van der Waals surface area contributed by atoms with Crippen molar-refractivity contribution in [3.63, 3.8) is 0 Å². The molecular weight excluding hydrogens is 640 g/mol. The maximum atomic E-state index is 14.1. The van der Waals surface area contributed by atoms with Crippen molar-refractivity contribution in [2.24, 2.45) is 5.92 Å². The fourth-order valence-corrected chi connectivity index (χ4v) is 6.02. The molecule has 2 heterocycles. The van der Waals surface area contributed by atoms with Crippen LogP contribution in [0.1, 0.15) is 69.2 Å². The van der Waals surface area contributed by atoms with E-state index >= 15 is 0 Å². The number of aromatic nitrogens is 1. The minimum atomic E-state index is -1.27. The number of imide groups is 1. The Hall–Kier alpha value is -5.46. The number of nitrogens with one attached hydrogen (secondary N) is 3. The third-order valence-electron chi connectivity index (χ3n) is 9.07. The number of amides is 6. The largest absolute Gasteiger partial charge is 0.495 e. The molecule has 264 valence electrons. The van der Waals surface area contributed by atoms with Gasteiger partial charge < -0.3 is 30.3 Å². The van der Waals surface area contributed by atoms with Crippen LogP contribution in [0.5, 0.6) is 5.75 Å². The number of esters is 1. The summed E-state index contributed by atoms with van der Waals surface area (Å²) in [5.74, 6) is -0.946. The molecule has 1 unspecified atom stereocenters. The smallest absolute Gasteiger partial charge is 0.328 e. The molecule has 0 bridgehead atoms. The zero-order chi connectivity index (χ0) is 36.0. The van der Waals surface area contributed by atoms with E-state index < -0.39 is 47.5 Å². The molecule has 0 radical (unpaired) electrons. The molecule has 1 aliphatic heterocycles. The number of carbonyl (C=O) groups excluding carboxylic acids is 5. The molecule has 1 aromatic heterocycles. The van der Waals surface area contributed by atoms with Gasteiger partial charge in [0.25, 0.3) is 5.91 Å². The number of ether oxygens (including phenoxy) is 2. The summed E-state index contributed by atoms with van der Waals surface area (Å²) in [6.45, 7) is 7.14. The first-order valence-electron chi connectivity index (χ1n) is 16.7. The van der Waals surface area contributed by atoms with Crippen molar-refractivity contribution in [2.75, 3.05) is 24.4 Å². The van der Waals surface area contributed by atoms with Gasteiger partial charge in [0.05, 0.1) is 31.9 Å². The third-order valence-corrected chi connectivity index (χ3v) is 9.07. The summed E-state index contributed by atoms with van der Waals surface area (Å²) in [7, 11) is 1.47. The minimum Gasteiger partial charge on any atom is -0.495 e. The zero-order valence-electron chi connectivity index (χ0n) is 29.0. The van der Waals surface area contributed by atoms with E-state index in [0.717, 1.165) is 23.3 Å². The highest BCUT2D eigenvalue weighted by atomic mass is 16.5. The number of para-hydroxylation sites is 1. The lowest BCUT2D eigenvalue weighted by atomic mass is 10.0. The monoisotopic (exact) mass is 684 g/mol. The van der Waals surface area contributed by atoms with E-state index in [1.807, 2.05) is 25.1 Å². The van der Waals surface area contributed by atoms with Gasteiger partial charge in [0.2, 0.25) is 5.91 Å². The van der Waals surface area contributed by atoms with Crippen molar-refractivity contribution in [1.82, 2.24) is 20.1 Å².